The third-order valence-electron chi connectivity index (χ3n) is 4.88. The number of methoxy groups -OCH3 is 1. The van der Waals surface area contributed by atoms with Crippen LogP contribution in [-0.2, 0) is 4.79 Å². The minimum atomic E-state index is -0.373. The third-order valence-corrected chi connectivity index (χ3v) is 5.97. The lowest BCUT2D eigenvalue weighted by Gasteiger charge is -2.14. The molecule has 34 heavy (non-hydrogen) atoms. The molecule has 1 aliphatic rings. The number of thioether (sulfide) groups is 1. The zero-order valence-corrected chi connectivity index (χ0v) is 20.9. The monoisotopic (exact) mass is 504 g/mol. The van der Waals surface area contributed by atoms with E-state index in [9.17, 15) is 4.79 Å². The maximum atomic E-state index is 11.8. The van der Waals surface area contributed by atoms with Crippen molar-refractivity contribution in [3.05, 3.63) is 51.9 Å². The van der Waals surface area contributed by atoms with Crippen LogP contribution in [0, 0.1) is 0 Å². The lowest BCUT2D eigenvalue weighted by atomic mass is 10.2. The summed E-state index contributed by atoms with van der Waals surface area (Å²) in [7, 11) is 1.52. The lowest BCUT2D eigenvalue weighted by molar-refractivity contribution is -0.113. The minimum absolute atomic E-state index is 0.221. The van der Waals surface area contributed by atoms with Crippen molar-refractivity contribution in [1.29, 1.82) is 0 Å². The molecule has 2 N–H and O–H groups in total. The Balaban J connectivity index is 1.49. The Kier molecular flexibility index (Phi) is 9.97. The molecule has 0 saturated heterocycles. The van der Waals surface area contributed by atoms with Gasteiger partial charge in [0, 0.05) is 0 Å². The quantitative estimate of drug-likeness (QED) is 0.276. The van der Waals surface area contributed by atoms with E-state index >= 15 is 0 Å². The van der Waals surface area contributed by atoms with Crippen LogP contribution in [0.1, 0.15) is 38.2 Å². The van der Waals surface area contributed by atoms with Gasteiger partial charge in [0.25, 0.3) is 5.91 Å². The van der Waals surface area contributed by atoms with Gasteiger partial charge in [0.2, 0.25) is 0 Å². The van der Waals surface area contributed by atoms with Gasteiger partial charge in [-0.15, -0.1) is 0 Å². The van der Waals surface area contributed by atoms with E-state index in [1.807, 2.05) is 24.3 Å². The van der Waals surface area contributed by atoms with Crippen LogP contribution in [0.4, 0.5) is 0 Å². The molecule has 0 spiro atoms. The summed E-state index contributed by atoms with van der Waals surface area (Å²) >= 11 is 7.53. The van der Waals surface area contributed by atoms with E-state index in [4.69, 9.17) is 36.3 Å². The molecule has 0 radical (unpaired) electrons. The Labute approximate surface area is 209 Å². The van der Waals surface area contributed by atoms with Gasteiger partial charge >= 0.3 is 0 Å². The molecule has 0 aromatic heterocycles. The standard InChI is InChI=1S/C25H29ClN2O5S/c1-3-4-5-6-11-31-18-7-9-19(10-8-18)32-12-13-33-23-20(26)14-17(15-21(23)30-2)16-22-24(29)28-25(27)34-22/h7-10,14-16H,3-6,11-13H2,1-2H3,(H2,27,28,29). The molecule has 0 unspecified atom stereocenters. The molecule has 2 aromatic rings. The molecule has 1 amide bonds. The highest BCUT2D eigenvalue weighted by Crippen LogP contribution is 2.38. The van der Waals surface area contributed by atoms with E-state index in [2.05, 4.69) is 11.9 Å². The van der Waals surface area contributed by atoms with Crippen molar-refractivity contribution in [2.75, 3.05) is 26.9 Å². The second-order valence-electron chi connectivity index (χ2n) is 7.48. The molecule has 182 valence electrons. The fraction of sp³-hybridized carbons (Fsp3) is 0.360. The number of halogens is 1. The topological polar surface area (TPSA) is 92.4 Å². The molecule has 2 aromatic carbocycles. The van der Waals surface area contributed by atoms with Gasteiger partial charge in [0.1, 0.15) is 24.7 Å². The zero-order chi connectivity index (χ0) is 24.3. The van der Waals surface area contributed by atoms with E-state index in [0.717, 1.165) is 36.3 Å². The summed E-state index contributed by atoms with van der Waals surface area (Å²) in [5.74, 6) is 2.04. The Morgan fingerprint density at radius 1 is 1.00 bits per heavy atom. The van der Waals surface area contributed by atoms with Crippen molar-refractivity contribution in [3.8, 4) is 23.0 Å². The number of amides is 1. The molecule has 0 atom stereocenters. The maximum absolute atomic E-state index is 11.8. The summed E-state index contributed by atoms with van der Waals surface area (Å²) in [6, 6.07) is 11.0. The number of amidine groups is 1. The van der Waals surface area contributed by atoms with Gasteiger partial charge in [0.15, 0.2) is 16.7 Å². The lowest BCUT2D eigenvalue weighted by Crippen LogP contribution is -2.10. The Morgan fingerprint density at radius 3 is 2.29 bits per heavy atom. The van der Waals surface area contributed by atoms with Gasteiger partial charge < -0.3 is 24.7 Å². The Morgan fingerprint density at radius 2 is 1.68 bits per heavy atom. The van der Waals surface area contributed by atoms with Gasteiger partial charge in [-0.3, -0.25) is 4.79 Å². The first-order chi connectivity index (χ1) is 16.5. The number of ether oxygens (including phenoxy) is 4. The minimum Gasteiger partial charge on any atom is -0.494 e. The number of nitrogens with two attached hydrogens (primary N) is 1. The molecule has 9 heteroatoms. The van der Waals surface area contributed by atoms with Crippen molar-refractivity contribution < 1.29 is 23.7 Å². The zero-order valence-electron chi connectivity index (χ0n) is 19.3. The third kappa shape index (κ3) is 7.60. The second kappa shape index (κ2) is 13.2. The van der Waals surface area contributed by atoms with Gasteiger partial charge in [-0.05, 0) is 66.2 Å². The number of benzene rings is 2. The average molecular weight is 505 g/mol. The van der Waals surface area contributed by atoms with E-state index in [1.165, 1.54) is 26.4 Å². The van der Waals surface area contributed by atoms with Crippen molar-refractivity contribution >= 4 is 40.5 Å². The molecular weight excluding hydrogens is 476 g/mol. The van der Waals surface area contributed by atoms with Crippen molar-refractivity contribution in [2.45, 2.75) is 32.6 Å². The van der Waals surface area contributed by atoms with Crippen LogP contribution in [0.3, 0.4) is 0 Å². The number of rotatable bonds is 13. The molecule has 0 saturated carbocycles. The number of hydrogen-bond acceptors (Lipinski definition) is 7. The van der Waals surface area contributed by atoms with Crippen LogP contribution in [0.25, 0.3) is 6.08 Å². The molecule has 0 bridgehead atoms. The van der Waals surface area contributed by atoms with Gasteiger partial charge in [0.05, 0.1) is 23.6 Å². The van der Waals surface area contributed by atoms with Crippen molar-refractivity contribution in [2.24, 2.45) is 10.7 Å². The highest BCUT2D eigenvalue weighted by atomic mass is 35.5. The molecular formula is C25H29ClN2O5S. The largest absolute Gasteiger partial charge is 0.494 e. The van der Waals surface area contributed by atoms with E-state index in [-0.39, 0.29) is 17.7 Å². The number of aliphatic imine (C=N–C) groups is 1. The fourth-order valence-corrected chi connectivity index (χ4v) is 4.15. The first-order valence-corrected chi connectivity index (χ1v) is 12.3. The van der Waals surface area contributed by atoms with Crippen molar-refractivity contribution in [3.63, 3.8) is 0 Å². The molecule has 0 fully saturated rings. The van der Waals surface area contributed by atoms with Gasteiger partial charge in [-0.25, -0.2) is 0 Å². The summed E-state index contributed by atoms with van der Waals surface area (Å²) in [5.41, 5.74) is 6.27. The first-order valence-electron chi connectivity index (χ1n) is 11.1. The van der Waals surface area contributed by atoms with Crippen LogP contribution in [0.2, 0.25) is 5.02 Å². The normalized spacial score (nSPS) is 14.3. The molecule has 7 nitrogen and oxygen atoms in total. The Hall–Kier alpha value is -2.84. The van der Waals surface area contributed by atoms with Crippen molar-refractivity contribution in [1.82, 2.24) is 0 Å². The first kappa shape index (κ1) is 25.8. The fourth-order valence-electron chi connectivity index (χ4n) is 3.19. The Bertz CT molecular complexity index is 1040. The van der Waals surface area contributed by atoms with E-state index in [0.29, 0.717) is 33.6 Å². The molecule has 1 aliphatic heterocycles. The number of nitrogens with zero attached hydrogens (tertiary/aromatic N) is 1. The summed E-state index contributed by atoms with van der Waals surface area (Å²) in [5, 5.41) is 0.579. The number of unbranched alkanes of at least 4 members (excludes halogenated alkanes) is 3. The number of carbonyl (C=O) groups is 1. The van der Waals surface area contributed by atoms with E-state index in [1.54, 1.807) is 18.2 Å². The average Bonchev–Trinajstić information content (AvgIpc) is 3.14. The van der Waals surface area contributed by atoms with E-state index < -0.39 is 0 Å². The number of hydrogen-bond donors (Lipinski definition) is 1. The smallest absolute Gasteiger partial charge is 0.286 e. The van der Waals surface area contributed by atoms with Crippen LogP contribution >= 0.6 is 23.4 Å². The molecule has 0 aliphatic carbocycles. The summed E-state index contributed by atoms with van der Waals surface area (Å²) in [6.07, 6.45) is 6.37. The highest BCUT2D eigenvalue weighted by Gasteiger charge is 2.20. The summed E-state index contributed by atoms with van der Waals surface area (Å²) in [4.78, 5) is 15.9. The predicted molar refractivity (Wildman–Crippen MR) is 137 cm³/mol. The van der Waals surface area contributed by atoms with Crippen LogP contribution in [-0.4, -0.2) is 38.0 Å². The van der Waals surface area contributed by atoms with Crippen LogP contribution in [0.15, 0.2) is 46.3 Å². The second-order valence-corrected chi connectivity index (χ2v) is 8.95. The summed E-state index contributed by atoms with van der Waals surface area (Å²) in [6.45, 7) is 3.51. The van der Waals surface area contributed by atoms with Crippen LogP contribution in [0.5, 0.6) is 23.0 Å². The highest BCUT2D eigenvalue weighted by molar-refractivity contribution is 8.18. The SMILES string of the molecule is CCCCCCOc1ccc(OCCOc2c(Cl)cc(C=C3SC(N)=NC3=O)cc2OC)cc1. The van der Waals surface area contributed by atoms with Crippen LogP contribution < -0.4 is 24.7 Å². The maximum Gasteiger partial charge on any atom is 0.286 e. The molecule has 3 rings (SSSR count). The summed E-state index contributed by atoms with van der Waals surface area (Å²) < 4.78 is 22.7. The predicted octanol–water partition coefficient (Wildman–Crippen LogP) is 5.69. The van der Waals surface area contributed by atoms with Gasteiger partial charge in [-0.2, -0.15) is 4.99 Å². The van der Waals surface area contributed by atoms with Gasteiger partial charge in [-0.1, -0.05) is 37.8 Å². The number of carbonyl (C=O) groups excluding carboxylic acids is 1. The molecule has 1 heterocycles.